The summed E-state index contributed by atoms with van der Waals surface area (Å²) in [4.78, 5) is 18.5. The number of anilines is 1. The third-order valence-corrected chi connectivity index (χ3v) is 4.17. The third kappa shape index (κ3) is 3.20. The molecule has 100 valence electrons. The van der Waals surface area contributed by atoms with Gasteiger partial charge in [0.15, 0.2) is 5.13 Å². The molecule has 0 saturated carbocycles. The van der Waals surface area contributed by atoms with Crippen molar-refractivity contribution in [3.8, 4) is 0 Å². The summed E-state index contributed by atoms with van der Waals surface area (Å²) in [5.41, 5.74) is 1.05. The first-order valence-electron chi connectivity index (χ1n) is 6.26. The Kier molecular flexibility index (Phi) is 4.54. The molecule has 0 aromatic carbocycles. The SMILES string of the molecule is Cc1csc(N2CCC(C(=O)NCCO)CC2)n1. The number of amides is 1. The molecule has 1 fully saturated rings. The van der Waals surface area contributed by atoms with Crippen LogP contribution in [0.4, 0.5) is 5.13 Å². The van der Waals surface area contributed by atoms with Crippen molar-refractivity contribution in [3.63, 3.8) is 0 Å². The Morgan fingerprint density at radius 1 is 1.61 bits per heavy atom. The van der Waals surface area contributed by atoms with Gasteiger partial charge in [-0.05, 0) is 19.8 Å². The summed E-state index contributed by atoms with van der Waals surface area (Å²) in [5.74, 6) is 0.146. The van der Waals surface area contributed by atoms with Gasteiger partial charge in [0.25, 0.3) is 0 Å². The lowest BCUT2D eigenvalue weighted by Crippen LogP contribution is -2.41. The summed E-state index contributed by atoms with van der Waals surface area (Å²) < 4.78 is 0. The molecule has 6 heteroatoms. The lowest BCUT2D eigenvalue weighted by atomic mass is 9.96. The van der Waals surface area contributed by atoms with E-state index in [0.717, 1.165) is 36.8 Å². The van der Waals surface area contributed by atoms with Gasteiger partial charge in [-0.15, -0.1) is 11.3 Å². The summed E-state index contributed by atoms with van der Waals surface area (Å²) in [6.07, 6.45) is 1.71. The fourth-order valence-electron chi connectivity index (χ4n) is 2.14. The fraction of sp³-hybridized carbons (Fsp3) is 0.667. The van der Waals surface area contributed by atoms with Crippen molar-refractivity contribution in [2.45, 2.75) is 19.8 Å². The Labute approximate surface area is 111 Å². The molecule has 1 amide bonds. The van der Waals surface area contributed by atoms with E-state index in [4.69, 9.17) is 5.11 Å². The van der Waals surface area contributed by atoms with E-state index in [9.17, 15) is 4.79 Å². The van der Waals surface area contributed by atoms with E-state index in [1.54, 1.807) is 11.3 Å². The second-order valence-electron chi connectivity index (χ2n) is 4.55. The predicted octanol–water partition coefficient (Wildman–Crippen LogP) is 0.776. The molecule has 0 radical (unpaired) electrons. The van der Waals surface area contributed by atoms with E-state index in [2.05, 4.69) is 20.6 Å². The summed E-state index contributed by atoms with van der Waals surface area (Å²) >= 11 is 1.66. The maximum Gasteiger partial charge on any atom is 0.223 e. The number of rotatable bonds is 4. The molecule has 1 saturated heterocycles. The van der Waals surface area contributed by atoms with Gasteiger partial charge < -0.3 is 15.3 Å². The number of piperidine rings is 1. The molecule has 5 nitrogen and oxygen atoms in total. The Balaban J connectivity index is 1.82. The van der Waals surface area contributed by atoms with E-state index in [0.29, 0.717) is 6.54 Å². The topological polar surface area (TPSA) is 65.5 Å². The minimum Gasteiger partial charge on any atom is -0.395 e. The van der Waals surface area contributed by atoms with Gasteiger partial charge in [0.1, 0.15) is 0 Å². The standard InChI is InChI=1S/C12H19N3O2S/c1-9-8-18-12(14-9)15-5-2-10(3-6-15)11(17)13-4-7-16/h8,10,16H,2-7H2,1H3,(H,13,17). The van der Waals surface area contributed by atoms with Crippen LogP contribution in [0, 0.1) is 12.8 Å². The van der Waals surface area contributed by atoms with Crippen LogP contribution in [-0.2, 0) is 4.79 Å². The molecule has 2 rings (SSSR count). The number of aromatic nitrogens is 1. The highest BCUT2D eigenvalue weighted by molar-refractivity contribution is 7.13. The maximum absolute atomic E-state index is 11.8. The van der Waals surface area contributed by atoms with Crippen LogP contribution in [0.15, 0.2) is 5.38 Å². The van der Waals surface area contributed by atoms with Crippen molar-refractivity contribution >= 4 is 22.4 Å². The normalized spacial score (nSPS) is 16.9. The van der Waals surface area contributed by atoms with Gasteiger partial charge in [-0.1, -0.05) is 0 Å². The van der Waals surface area contributed by atoms with E-state index in [1.165, 1.54) is 0 Å². The van der Waals surface area contributed by atoms with Gasteiger partial charge in [0.2, 0.25) is 5.91 Å². The van der Waals surface area contributed by atoms with Gasteiger partial charge >= 0.3 is 0 Å². The van der Waals surface area contributed by atoms with Crippen molar-refractivity contribution in [1.29, 1.82) is 0 Å². The average Bonchev–Trinajstić information content (AvgIpc) is 2.83. The number of nitrogens with zero attached hydrogens (tertiary/aromatic N) is 2. The molecule has 1 aromatic heterocycles. The van der Waals surface area contributed by atoms with Crippen molar-refractivity contribution in [3.05, 3.63) is 11.1 Å². The zero-order chi connectivity index (χ0) is 13.0. The Morgan fingerprint density at radius 2 is 2.33 bits per heavy atom. The monoisotopic (exact) mass is 269 g/mol. The highest BCUT2D eigenvalue weighted by atomic mass is 32.1. The van der Waals surface area contributed by atoms with Crippen LogP contribution in [0.5, 0.6) is 0 Å². The number of carbonyl (C=O) groups is 1. The van der Waals surface area contributed by atoms with Gasteiger partial charge in [-0.25, -0.2) is 4.98 Å². The number of aliphatic hydroxyl groups excluding tert-OH is 1. The Bertz CT molecular complexity index is 400. The predicted molar refractivity (Wildman–Crippen MR) is 71.9 cm³/mol. The van der Waals surface area contributed by atoms with E-state index in [-0.39, 0.29) is 18.4 Å². The number of aryl methyl sites for hydroxylation is 1. The minimum absolute atomic E-state index is 0.00295. The van der Waals surface area contributed by atoms with Crippen LogP contribution < -0.4 is 10.2 Å². The van der Waals surface area contributed by atoms with Gasteiger partial charge in [-0.3, -0.25) is 4.79 Å². The highest BCUT2D eigenvalue weighted by Gasteiger charge is 2.25. The molecule has 1 aliphatic heterocycles. The molecule has 2 N–H and O–H groups in total. The quantitative estimate of drug-likeness (QED) is 0.847. The lowest BCUT2D eigenvalue weighted by molar-refractivity contribution is -0.125. The molecular formula is C12H19N3O2S. The van der Waals surface area contributed by atoms with E-state index >= 15 is 0 Å². The van der Waals surface area contributed by atoms with Crippen LogP contribution in [0.2, 0.25) is 0 Å². The largest absolute Gasteiger partial charge is 0.395 e. The van der Waals surface area contributed by atoms with Crippen molar-refractivity contribution in [2.24, 2.45) is 5.92 Å². The van der Waals surface area contributed by atoms with Crippen molar-refractivity contribution in [2.75, 3.05) is 31.1 Å². The number of thiazole rings is 1. The molecule has 1 aliphatic rings. The zero-order valence-electron chi connectivity index (χ0n) is 10.6. The molecule has 1 aromatic rings. The van der Waals surface area contributed by atoms with Crippen LogP contribution in [0.25, 0.3) is 0 Å². The lowest BCUT2D eigenvalue weighted by Gasteiger charge is -2.31. The molecule has 0 unspecified atom stereocenters. The number of carbonyl (C=O) groups excluding carboxylic acids is 1. The smallest absolute Gasteiger partial charge is 0.223 e. The third-order valence-electron chi connectivity index (χ3n) is 3.15. The van der Waals surface area contributed by atoms with Crippen LogP contribution in [-0.4, -0.2) is 42.2 Å². The first kappa shape index (κ1) is 13.3. The second-order valence-corrected chi connectivity index (χ2v) is 5.38. The van der Waals surface area contributed by atoms with Crippen LogP contribution >= 0.6 is 11.3 Å². The van der Waals surface area contributed by atoms with Crippen LogP contribution in [0.1, 0.15) is 18.5 Å². The zero-order valence-corrected chi connectivity index (χ0v) is 11.4. The molecule has 0 atom stereocenters. The first-order valence-corrected chi connectivity index (χ1v) is 7.14. The summed E-state index contributed by atoms with van der Waals surface area (Å²) in [5, 5.41) is 14.5. The van der Waals surface area contributed by atoms with Gasteiger partial charge in [0.05, 0.1) is 12.3 Å². The minimum atomic E-state index is 0.00295. The van der Waals surface area contributed by atoms with E-state index in [1.807, 2.05) is 6.92 Å². The van der Waals surface area contributed by atoms with Gasteiger partial charge in [-0.2, -0.15) is 0 Å². The number of hydrogen-bond acceptors (Lipinski definition) is 5. The Hall–Kier alpha value is -1.14. The van der Waals surface area contributed by atoms with E-state index < -0.39 is 0 Å². The number of aliphatic hydroxyl groups is 1. The van der Waals surface area contributed by atoms with Crippen LogP contribution in [0.3, 0.4) is 0 Å². The maximum atomic E-state index is 11.8. The molecular weight excluding hydrogens is 250 g/mol. The summed E-state index contributed by atoms with van der Waals surface area (Å²) in [6.45, 7) is 4.11. The fourth-order valence-corrected chi connectivity index (χ4v) is 3.00. The van der Waals surface area contributed by atoms with Crippen molar-refractivity contribution < 1.29 is 9.90 Å². The average molecular weight is 269 g/mol. The molecule has 2 heterocycles. The number of nitrogens with one attached hydrogen (secondary N) is 1. The molecule has 18 heavy (non-hydrogen) atoms. The second kappa shape index (κ2) is 6.15. The Morgan fingerprint density at radius 3 is 2.89 bits per heavy atom. The molecule has 0 aliphatic carbocycles. The number of hydrogen-bond donors (Lipinski definition) is 2. The van der Waals surface area contributed by atoms with Crippen molar-refractivity contribution in [1.82, 2.24) is 10.3 Å². The first-order chi connectivity index (χ1) is 8.70. The summed E-state index contributed by atoms with van der Waals surface area (Å²) in [7, 11) is 0. The highest BCUT2D eigenvalue weighted by Crippen LogP contribution is 2.26. The molecule has 0 bridgehead atoms. The summed E-state index contributed by atoms with van der Waals surface area (Å²) in [6, 6.07) is 0. The molecule has 0 spiro atoms. The van der Waals surface area contributed by atoms with Gasteiger partial charge in [0, 0.05) is 30.9 Å².